The highest BCUT2D eigenvalue weighted by Gasteiger charge is 2.34. The number of benzene rings is 1. The quantitative estimate of drug-likeness (QED) is 0.644. The van der Waals surface area contributed by atoms with E-state index in [1.165, 1.54) is 0 Å². The van der Waals surface area contributed by atoms with Gasteiger partial charge in [0.2, 0.25) is 7.37 Å². The molecule has 1 aromatic carbocycles. The molecule has 0 amide bonds. The van der Waals surface area contributed by atoms with Crippen molar-refractivity contribution in [3.05, 3.63) is 30.3 Å². The minimum absolute atomic E-state index is 0.144. The van der Waals surface area contributed by atoms with Crippen LogP contribution in [0.1, 0.15) is 13.3 Å². The molecule has 2 atom stereocenters. The molecule has 1 saturated heterocycles. The zero-order chi connectivity index (χ0) is 9.31. The predicted octanol–water partition coefficient (Wildman–Crippen LogP) is 2.40. The van der Waals surface area contributed by atoms with Crippen LogP contribution in [0.4, 0.5) is 0 Å². The standard InChI is InChI=1S/C10H13O2P/c1-9-7-8-13(11,12-9)10-5-3-2-4-6-10/h2-6,9H,7-8H2,1H3. The maximum absolute atomic E-state index is 12.2. The molecule has 0 bridgehead atoms. The fourth-order valence-corrected chi connectivity index (χ4v) is 4.09. The maximum Gasteiger partial charge on any atom is 0.232 e. The molecule has 0 aromatic heterocycles. The third-order valence-corrected chi connectivity index (χ3v) is 4.96. The van der Waals surface area contributed by atoms with Crippen molar-refractivity contribution in [2.24, 2.45) is 0 Å². The van der Waals surface area contributed by atoms with E-state index >= 15 is 0 Å². The summed E-state index contributed by atoms with van der Waals surface area (Å²) in [5.74, 6) is 0. The van der Waals surface area contributed by atoms with Crippen molar-refractivity contribution >= 4 is 12.7 Å². The molecule has 0 aliphatic carbocycles. The van der Waals surface area contributed by atoms with Crippen molar-refractivity contribution in [2.75, 3.05) is 6.16 Å². The van der Waals surface area contributed by atoms with E-state index in [0.29, 0.717) is 6.16 Å². The lowest BCUT2D eigenvalue weighted by atomic mass is 10.3. The molecule has 2 unspecified atom stereocenters. The van der Waals surface area contributed by atoms with Gasteiger partial charge in [-0.05, 0) is 25.5 Å². The molecular formula is C10H13O2P. The van der Waals surface area contributed by atoms with Gasteiger partial charge in [-0.3, -0.25) is 4.57 Å². The summed E-state index contributed by atoms with van der Waals surface area (Å²) in [6, 6.07) is 9.51. The molecule has 0 radical (unpaired) electrons. The molecule has 2 rings (SSSR count). The van der Waals surface area contributed by atoms with Crippen LogP contribution in [0.5, 0.6) is 0 Å². The highest BCUT2D eigenvalue weighted by atomic mass is 31.2. The van der Waals surface area contributed by atoms with Crippen LogP contribution in [0.25, 0.3) is 0 Å². The third kappa shape index (κ3) is 1.70. The summed E-state index contributed by atoms with van der Waals surface area (Å²) in [4.78, 5) is 0. The van der Waals surface area contributed by atoms with Crippen molar-refractivity contribution in [1.29, 1.82) is 0 Å². The third-order valence-electron chi connectivity index (χ3n) is 2.33. The van der Waals surface area contributed by atoms with Gasteiger partial charge in [0, 0.05) is 11.5 Å². The Morgan fingerprint density at radius 3 is 2.62 bits per heavy atom. The normalized spacial score (nSPS) is 33.5. The van der Waals surface area contributed by atoms with Gasteiger partial charge in [0.15, 0.2) is 0 Å². The van der Waals surface area contributed by atoms with Crippen LogP contribution in [0.3, 0.4) is 0 Å². The Balaban J connectivity index is 2.32. The summed E-state index contributed by atoms with van der Waals surface area (Å²) < 4.78 is 17.7. The van der Waals surface area contributed by atoms with Crippen molar-refractivity contribution in [3.63, 3.8) is 0 Å². The van der Waals surface area contributed by atoms with Crippen LogP contribution >= 0.6 is 7.37 Å². The van der Waals surface area contributed by atoms with Gasteiger partial charge in [0.1, 0.15) is 0 Å². The molecule has 0 saturated carbocycles. The molecule has 1 heterocycles. The summed E-state index contributed by atoms with van der Waals surface area (Å²) in [5, 5.41) is 0.861. The summed E-state index contributed by atoms with van der Waals surface area (Å²) >= 11 is 0. The Labute approximate surface area is 78.4 Å². The summed E-state index contributed by atoms with van der Waals surface area (Å²) in [6.45, 7) is 1.97. The Hall–Kier alpha value is -0.590. The Kier molecular flexibility index (Phi) is 2.27. The first-order valence-electron chi connectivity index (χ1n) is 4.54. The Morgan fingerprint density at radius 1 is 1.38 bits per heavy atom. The summed E-state index contributed by atoms with van der Waals surface area (Å²) in [6.07, 6.45) is 1.75. The molecule has 13 heavy (non-hydrogen) atoms. The first-order valence-corrected chi connectivity index (χ1v) is 6.35. The molecule has 1 aliphatic heterocycles. The Morgan fingerprint density at radius 2 is 2.08 bits per heavy atom. The van der Waals surface area contributed by atoms with Gasteiger partial charge in [-0.1, -0.05) is 18.2 Å². The highest BCUT2D eigenvalue weighted by molar-refractivity contribution is 7.67. The molecule has 1 aromatic rings. The number of hydrogen-bond acceptors (Lipinski definition) is 2. The molecule has 1 fully saturated rings. The number of hydrogen-bond donors (Lipinski definition) is 0. The van der Waals surface area contributed by atoms with Crippen molar-refractivity contribution in [1.82, 2.24) is 0 Å². The van der Waals surface area contributed by atoms with Crippen LogP contribution in [0, 0.1) is 0 Å². The summed E-state index contributed by atoms with van der Waals surface area (Å²) in [7, 11) is -2.48. The van der Waals surface area contributed by atoms with E-state index in [4.69, 9.17) is 4.52 Å². The fraction of sp³-hybridized carbons (Fsp3) is 0.400. The minimum atomic E-state index is -2.48. The second kappa shape index (κ2) is 3.28. The first kappa shape index (κ1) is 8.98. The maximum atomic E-state index is 12.2. The SMILES string of the molecule is CC1CCP(=O)(c2ccccc2)O1. The van der Waals surface area contributed by atoms with E-state index in [1.54, 1.807) is 0 Å². The average molecular weight is 196 g/mol. The van der Waals surface area contributed by atoms with E-state index in [2.05, 4.69) is 0 Å². The highest BCUT2D eigenvalue weighted by Crippen LogP contribution is 2.52. The van der Waals surface area contributed by atoms with E-state index < -0.39 is 7.37 Å². The largest absolute Gasteiger partial charge is 0.322 e. The van der Waals surface area contributed by atoms with Gasteiger partial charge >= 0.3 is 0 Å². The average Bonchev–Trinajstić information content (AvgIpc) is 2.49. The lowest BCUT2D eigenvalue weighted by Gasteiger charge is -2.11. The topological polar surface area (TPSA) is 26.3 Å². The molecule has 0 N–H and O–H groups in total. The molecule has 1 aliphatic rings. The summed E-state index contributed by atoms with van der Waals surface area (Å²) in [5.41, 5.74) is 0. The van der Waals surface area contributed by atoms with Gasteiger partial charge < -0.3 is 4.52 Å². The van der Waals surface area contributed by atoms with Gasteiger partial charge in [-0.2, -0.15) is 0 Å². The van der Waals surface area contributed by atoms with Crippen molar-refractivity contribution in [3.8, 4) is 0 Å². The second-order valence-corrected chi connectivity index (χ2v) is 5.96. The lowest BCUT2D eigenvalue weighted by molar-refractivity contribution is 0.258. The smallest absolute Gasteiger partial charge is 0.232 e. The molecule has 70 valence electrons. The molecular weight excluding hydrogens is 183 g/mol. The van der Waals surface area contributed by atoms with Gasteiger partial charge in [-0.25, -0.2) is 0 Å². The predicted molar refractivity (Wildman–Crippen MR) is 53.7 cm³/mol. The van der Waals surface area contributed by atoms with Gasteiger partial charge in [0.05, 0.1) is 6.10 Å². The first-order chi connectivity index (χ1) is 6.21. The minimum Gasteiger partial charge on any atom is -0.322 e. The van der Waals surface area contributed by atoms with E-state index in [0.717, 1.165) is 11.7 Å². The zero-order valence-corrected chi connectivity index (χ0v) is 8.54. The van der Waals surface area contributed by atoms with E-state index in [1.807, 2.05) is 37.3 Å². The monoisotopic (exact) mass is 196 g/mol. The number of rotatable bonds is 1. The molecule has 0 spiro atoms. The van der Waals surface area contributed by atoms with Gasteiger partial charge in [-0.15, -0.1) is 0 Å². The van der Waals surface area contributed by atoms with E-state index in [-0.39, 0.29) is 6.10 Å². The zero-order valence-electron chi connectivity index (χ0n) is 7.64. The van der Waals surface area contributed by atoms with Crippen molar-refractivity contribution < 1.29 is 9.09 Å². The fourth-order valence-electron chi connectivity index (χ4n) is 1.59. The second-order valence-electron chi connectivity index (χ2n) is 3.44. The Bertz CT molecular complexity index is 334. The van der Waals surface area contributed by atoms with Crippen LogP contribution in [-0.2, 0) is 9.09 Å². The van der Waals surface area contributed by atoms with Crippen molar-refractivity contribution in [2.45, 2.75) is 19.4 Å². The molecule has 3 heteroatoms. The van der Waals surface area contributed by atoms with Gasteiger partial charge in [0.25, 0.3) is 0 Å². The van der Waals surface area contributed by atoms with Crippen LogP contribution in [-0.4, -0.2) is 12.3 Å². The van der Waals surface area contributed by atoms with Crippen LogP contribution in [0.2, 0.25) is 0 Å². The van der Waals surface area contributed by atoms with Crippen LogP contribution < -0.4 is 5.30 Å². The lowest BCUT2D eigenvalue weighted by Crippen LogP contribution is -2.05. The molecule has 2 nitrogen and oxygen atoms in total. The van der Waals surface area contributed by atoms with E-state index in [9.17, 15) is 4.57 Å². The van der Waals surface area contributed by atoms with Crippen LogP contribution in [0.15, 0.2) is 30.3 Å².